The van der Waals surface area contributed by atoms with E-state index in [1.807, 2.05) is 20.0 Å². The highest BCUT2D eigenvalue weighted by Crippen LogP contribution is 2.15. The summed E-state index contributed by atoms with van der Waals surface area (Å²) >= 11 is 0. The first-order valence-electron chi connectivity index (χ1n) is 5.77. The molecule has 2 N–H and O–H groups in total. The van der Waals surface area contributed by atoms with Crippen LogP contribution < -0.4 is 5.73 Å². The summed E-state index contributed by atoms with van der Waals surface area (Å²) in [6.45, 7) is 4.62. The summed E-state index contributed by atoms with van der Waals surface area (Å²) in [5, 5.41) is 7.99. The minimum absolute atomic E-state index is 0.0789. The molecule has 0 aliphatic rings. The van der Waals surface area contributed by atoms with E-state index in [0.29, 0.717) is 18.9 Å². The molecule has 1 aromatic rings. The van der Waals surface area contributed by atoms with E-state index in [1.54, 1.807) is 23.7 Å². The lowest BCUT2D eigenvalue weighted by molar-refractivity contribution is -0.128. The third kappa shape index (κ3) is 3.81. The Morgan fingerprint density at radius 3 is 2.71 bits per heavy atom. The van der Waals surface area contributed by atoms with Crippen molar-refractivity contribution < 1.29 is 4.79 Å². The Balaban J connectivity index is 2.54. The van der Waals surface area contributed by atoms with Gasteiger partial charge in [0, 0.05) is 20.5 Å². The maximum absolute atomic E-state index is 11.4. The molecule has 0 saturated carbocycles. The minimum Gasteiger partial charge on any atom is -0.349 e. The maximum atomic E-state index is 11.4. The molecule has 6 nitrogen and oxygen atoms in total. The van der Waals surface area contributed by atoms with Crippen LogP contribution in [0.1, 0.15) is 32.0 Å². The molecule has 0 spiro atoms. The van der Waals surface area contributed by atoms with Crippen molar-refractivity contribution in [3.63, 3.8) is 0 Å². The Bertz CT molecular complexity index is 372. The molecule has 0 radical (unpaired) electrons. The lowest BCUT2D eigenvalue weighted by Gasteiger charge is -2.11. The number of aromatic nitrogens is 3. The van der Waals surface area contributed by atoms with Gasteiger partial charge in [-0.2, -0.15) is 0 Å². The molecule has 1 amide bonds. The first-order chi connectivity index (χ1) is 7.91. The molecule has 0 aromatic carbocycles. The van der Waals surface area contributed by atoms with E-state index in [4.69, 9.17) is 5.73 Å². The van der Waals surface area contributed by atoms with E-state index < -0.39 is 0 Å². The summed E-state index contributed by atoms with van der Waals surface area (Å²) in [5.74, 6) is 0.402. The van der Waals surface area contributed by atoms with Gasteiger partial charge in [0.25, 0.3) is 0 Å². The average molecular weight is 239 g/mol. The van der Waals surface area contributed by atoms with Gasteiger partial charge in [0.2, 0.25) is 5.91 Å². The third-order valence-electron chi connectivity index (χ3n) is 2.67. The van der Waals surface area contributed by atoms with Gasteiger partial charge in [-0.1, -0.05) is 19.1 Å². The second-order valence-corrected chi connectivity index (χ2v) is 4.71. The van der Waals surface area contributed by atoms with Crippen LogP contribution in [0, 0.1) is 5.92 Å². The second-order valence-electron chi connectivity index (χ2n) is 4.71. The molecule has 1 heterocycles. The van der Waals surface area contributed by atoms with Gasteiger partial charge >= 0.3 is 0 Å². The second kappa shape index (κ2) is 5.77. The summed E-state index contributed by atoms with van der Waals surface area (Å²) in [7, 11) is 3.48. The molecule has 0 fully saturated rings. The fourth-order valence-electron chi connectivity index (χ4n) is 1.35. The Kier molecular flexibility index (Phi) is 4.62. The van der Waals surface area contributed by atoms with Crippen molar-refractivity contribution in [2.75, 3.05) is 14.1 Å². The zero-order valence-electron chi connectivity index (χ0n) is 10.9. The predicted octanol–water partition coefficient (Wildman–Crippen LogP) is 0.412. The standard InChI is InChI=1S/C11H21N5O/c1-8(2)11(12)9-7-16(14-13-9)6-5-10(17)15(3)4/h7-8,11H,5-6,12H2,1-4H3. The van der Waals surface area contributed by atoms with Gasteiger partial charge in [-0.25, -0.2) is 0 Å². The van der Waals surface area contributed by atoms with Crippen LogP contribution >= 0.6 is 0 Å². The molecule has 1 atom stereocenters. The van der Waals surface area contributed by atoms with Gasteiger partial charge < -0.3 is 10.6 Å². The van der Waals surface area contributed by atoms with Crippen LogP contribution in [-0.2, 0) is 11.3 Å². The molecule has 1 rings (SSSR count). The van der Waals surface area contributed by atoms with Gasteiger partial charge in [0.1, 0.15) is 0 Å². The largest absolute Gasteiger partial charge is 0.349 e. The molecule has 1 unspecified atom stereocenters. The number of hydrogen-bond acceptors (Lipinski definition) is 4. The average Bonchev–Trinajstić information content (AvgIpc) is 2.72. The van der Waals surface area contributed by atoms with Gasteiger partial charge in [0.15, 0.2) is 0 Å². The van der Waals surface area contributed by atoms with E-state index >= 15 is 0 Å². The zero-order valence-corrected chi connectivity index (χ0v) is 10.9. The smallest absolute Gasteiger partial charge is 0.223 e. The van der Waals surface area contributed by atoms with E-state index in [9.17, 15) is 4.79 Å². The lowest BCUT2D eigenvalue weighted by Crippen LogP contribution is -2.23. The Morgan fingerprint density at radius 1 is 1.53 bits per heavy atom. The van der Waals surface area contributed by atoms with Crippen LogP contribution in [0.2, 0.25) is 0 Å². The van der Waals surface area contributed by atoms with Crippen molar-refractivity contribution in [2.45, 2.75) is 32.9 Å². The zero-order chi connectivity index (χ0) is 13.0. The monoisotopic (exact) mass is 239 g/mol. The highest BCUT2D eigenvalue weighted by Gasteiger charge is 2.14. The Labute approximate surface area is 102 Å². The molecule has 0 saturated heterocycles. The maximum Gasteiger partial charge on any atom is 0.223 e. The minimum atomic E-state index is -0.103. The number of aryl methyl sites for hydroxylation is 1. The van der Waals surface area contributed by atoms with Gasteiger partial charge in [-0.15, -0.1) is 5.10 Å². The van der Waals surface area contributed by atoms with E-state index in [-0.39, 0.29) is 11.9 Å². The molecular weight excluding hydrogens is 218 g/mol. The first-order valence-corrected chi connectivity index (χ1v) is 5.77. The number of nitrogens with zero attached hydrogens (tertiary/aromatic N) is 4. The van der Waals surface area contributed by atoms with Crippen molar-refractivity contribution in [1.29, 1.82) is 0 Å². The molecule has 96 valence electrons. The van der Waals surface area contributed by atoms with E-state index in [1.165, 1.54) is 0 Å². The molecule has 17 heavy (non-hydrogen) atoms. The highest BCUT2D eigenvalue weighted by atomic mass is 16.2. The molecule has 6 heteroatoms. The van der Waals surface area contributed by atoms with Crippen LogP contribution in [0.3, 0.4) is 0 Å². The predicted molar refractivity (Wildman–Crippen MR) is 65.1 cm³/mol. The summed E-state index contributed by atoms with van der Waals surface area (Å²) < 4.78 is 1.67. The quantitative estimate of drug-likeness (QED) is 0.807. The van der Waals surface area contributed by atoms with Crippen molar-refractivity contribution >= 4 is 5.91 Å². The fraction of sp³-hybridized carbons (Fsp3) is 0.727. The van der Waals surface area contributed by atoms with Gasteiger partial charge in [-0.05, 0) is 5.92 Å². The van der Waals surface area contributed by atoms with Crippen LogP contribution in [0.5, 0.6) is 0 Å². The number of carbonyl (C=O) groups is 1. The van der Waals surface area contributed by atoms with Crippen molar-refractivity contribution in [3.05, 3.63) is 11.9 Å². The third-order valence-corrected chi connectivity index (χ3v) is 2.67. The lowest BCUT2D eigenvalue weighted by atomic mass is 10.0. The van der Waals surface area contributed by atoms with Crippen LogP contribution in [-0.4, -0.2) is 39.9 Å². The number of carbonyl (C=O) groups excluding carboxylic acids is 1. The SMILES string of the molecule is CC(C)C(N)c1cn(CCC(=O)N(C)C)nn1. The summed E-state index contributed by atoms with van der Waals surface area (Å²) in [4.78, 5) is 13.0. The van der Waals surface area contributed by atoms with Crippen molar-refractivity contribution in [3.8, 4) is 0 Å². The summed E-state index contributed by atoms with van der Waals surface area (Å²) in [6.07, 6.45) is 2.24. The normalized spacial score (nSPS) is 12.8. The summed E-state index contributed by atoms with van der Waals surface area (Å²) in [5.41, 5.74) is 6.74. The van der Waals surface area contributed by atoms with Crippen LogP contribution in [0.25, 0.3) is 0 Å². The van der Waals surface area contributed by atoms with Gasteiger partial charge in [-0.3, -0.25) is 9.48 Å². The molecule has 1 aromatic heterocycles. The first kappa shape index (κ1) is 13.6. The molecule has 0 bridgehead atoms. The topological polar surface area (TPSA) is 77.0 Å². The van der Waals surface area contributed by atoms with Crippen molar-refractivity contribution in [1.82, 2.24) is 19.9 Å². The molecular formula is C11H21N5O. The summed E-state index contributed by atoms with van der Waals surface area (Å²) in [6, 6.07) is -0.103. The van der Waals surface area contributed by atoms with Crippen LogP contribution in [0.15, 0.2) is 6.20 Å². The molecule has 0 aliphatic heterocycles. The number of amides is 1. The van der Waals surface area contributed by atoms with E-state index in [0.717, 1.165) is 5.69 Å². The van der Waals surface area contributed by atoms with Gasteiger partial charge in [0.05, 0.1) is 24.5 Å². The van der Waals surface area contributed by atoms with Crippen molar-refractivity contribution in [2.24, 2.45) is 11.7 Å². The number of rotatable bonds is 5. The fourth-order valence-corrected chi connectivity index (χ4v) is 1.35. The number of nitrogens with two attached hydrogens (primary N) is 1. The number of hydrogen-bond donors (Lipinski definition) is 1. The van der Waals surface area contributed by atoms with E-state index in [2.05, 4.69) is 10.3 Å². The Hall–Kier alpha value is -1.43. The van der Waals surface area contributed by atoms with Crippen LogP contribution in [0.4, 0.5) is 0 Å². The molecule has 0 aliphatic carbocycles. The highest BCUT2D eigenvalue weighted by molar-refractivity contribution is 5.75. The Morgan fingerprint density at radius 2 is 2.18 bits per heavy atom.